The van der Waals surface area contributed by atoms with Crippen molar-refractivity contribution in [2.24, 2.45) is 0 Å². The van der Waals surface area contributed by atoms with Gasteiger partial charge in [-0.15, -0.1) is 0 Å². The molecule has 0 saturated heterocycles. The van der Waals surface area contributed by atoms with Gasteiger partial charge in [-0.3, -0.25) is 4.79 Å². The van der Waals surface area contributed by atoms with Crippen molar-refractivity contribution in [3.8, 4) is 0 Å². The molecule has 0 saturated carbocycles. The fourth-order valence-corrected chi connectivity index (χ4v) is 2.61. The Hall–Kier alpha value is -2.29. The van der Waals surface area contributed by atoms with Crippen LogP contribution in [0.3, 0.4) is 0 Å². The zero-order valence-corrected chi connectivity index (χ0v) is 14.8. The minimum absolute atomic E-state index is 0.145. The number of para-hydroxylation sites is 1. The molecule has 24 heavy (non-hydrogen) atoms. The summed E-state index contributed by atoms with van der Waals surface area (Å²) >= 11 is 0. The van der Waals surface area contributed by atoms with Crippen molar-refractivity contribution in [2.45, 2.75) is 32.6 Å². The summed E-state index contributed by atoms with van der Waals surface area (Å²) in [6.45, 7) is 3.84. The average molecular weight is 324 g/mol. The third-order valence-corrected chi connectivity index (χ3v) is 4.20. The topological polar surface area (TPSA) is 32.3 Å². The van der Waals surface area contributed by atoms with Crippen LogP contribution in [0.1, 0.15) is 30.4 Å². The molecular formula is C21H28N2O. The maximum Gasteiger partial charge on any atom is 0.220 e. The monoisotopic (exact) mass is 324 g/mol. The van der Waals surface area contributed by atoms with Crippen molar-refractivity contribution < 1.29 is 4.79 Å². The standard InChI is InChI=1S/C21H28N2O/c1-18-10-12-19(13-11-18)14-15-21(24)22-16-6-7-17-23(2)20-8-4-3-5-9-20/h3-5,8-13H,6-7,14-17H2,1-2H3,(H,22,24). The van der Waals surface area contributed by atoms with Crippen LogP contribution in [0.25, 0.3) is 0 Å². The Balaban J connectivity index is 1.55. The Bertz CT molecular complexity index is 607. The van der Waals surface area contributed by atoms with Crippen molar-refractivity contribution in [1.82, 2.24) is 5.32 Å². The van der Waals surface area contributed by atoms with E-state index in [4.69, 9.17) is 0 Å². The van der Waals surface area contributed by atoms with Crippen LogP contribution in [-0.2, 0) is 11.2 Å². The molecule has 128 valence electrons. The van der Waals surface area contributed by atoms with Crippen LogP contribution in [0.15, 0.2) is 54.6 Å². The molecule has 3 nitrogen and oxygen atoms in total. The summed E-state index contributed by atoms with van der Waals surface area (Å²) in [5, 5.41) is 3.02. The second-order valence-corrected chi connectivity index (χ2v) is 6.30. The van der Waals surface area contributed by atoms with Gasteiger partial charge in [0.1, 0.15) is 0 Å². The zero-order chi connectivity index (χ0) is 17.2. The number of unbranched alkanes of at least 4 members (excludes halogenated alkanes) is 1. The molecule has 0 aromatic heterocycles. The molecule has 3 heteroatoms. The minimum atomic E-state index is 0.145. The molecule has 0 aliphatic carbocycles. The normalized spacial score (nSPS) is 10.4. The van der Waals surface area contributed by atoms with Gasteiger partial charge in [0.2, 0.25) is 5.91 Å². The maximum absolute atomic E-state index is 11.9. The highest BCUT2D eigenvalue weighted by Gasteiger charge is 2.03. The summed E-state index contributed by atoms with van der Waals surface area (Å²) in [4.78, 5) is 14.1. The Kier molecular flexibility index (Phi) is 7.34. The van der Waals surface area contributed by atoms with Crippen molar-refractivity contribution in [3.05, 3.63) is 65.7 Å². The van der Waals surface area contributed by atoms with Crippen LogP contribution >= 0.6 is 0 Å². The summed E-state index contributed by atoms with van der Waals surface area (Å²) in [7, 11) is 2.11. The fourth-order valence-electron chi connectivity index (χ4n) is 2.61. The maximum atomic E-state index is 11.9. The average Bonchev–Trinajstić information content (AvgIpc) is 2.61. The molecule has 0 aliphatic rings. The Morgan fingerprint density at radius 3 is 2.42 bits per heavy atom. The van der Waals surface area contributed by atoms with Crippen LogP contribution < -0.4 is 10.2 Å². The summed E-state index contributed by atoms with van der Waals surface area (Å²) in [6.07, 6.45) is 3.45. The summed E-state index contributed by atoms with van der Waals surface area (Å²) in [5.41, 5.74) is 3.71. The van der Waals surface area contributed by atoms with Crippen molar-refractivity contribution in [1.29, 1.82) is 0 Å². The highest BCUT2D eigenvalue weighted by Crippen LogP contribution is 2.11. The number of rotatable bonds is 9. The predicted octanol–water partition coefficient (Wildman–Crippen LogP) is 3.96. The van der Waals surface area contributed by atoms with Crippen LogP contribution in [0.2, 0.25) is 0 Å². The Morgan fingerprint density at radius 2 is 1.71 bits per heavy atom. The van der Waals surface area contributed by atoms with Crippen molar-refractivity contribution in [2.75, 3.05) is 25.0 Å². The molecular weight excluding hydrogens is 296 g/mol. The highest BCUT2D eigenvalue weighted by atomic mass is 16.1. The van der Waals surface area contributed by atoms with Gasteiger partial charge in [-0.05, 0) is 43.9 Å². The van der Waals surface area contributed by atoms with Gasteiger partial charge in [-0.25, -0.2) is 0 Å². The number of anilines is 1. The first-order valence-electron chi connectivity index (χ1n) is 8.73. The number of amides is 1. The lowest BCUT2D eigenvalue weighted by atomic mass is 10.1. The fraction of sp³-hybridized carbons (Fsp3) is 0.381. The molecule has 2 aromatic rings. The lowest BCUT2D eigenvalue weighted by Gasteiger charge is -2.19. The number of benzene rings is 2. The summed E-state index contributed by atoms with van der Waals surface area (Å²) in [6, 6.07) is 18.8. The lowest BCUT2D eigenvalue weighted by molar-refractivity contribution is -0.121. The van der Waals surface area contributed by atoms with E-state index in [1.807, 2.05) is 6.07 Å². The predicted molar refractivity (Wildman–Crippen MR) is 101 cm³/mol. The van der Waals surface area contributed by atoms with E-state index in [1.165, 1.54) is 16.8 Å². The molecule has 0 radical (unpaired) electrons. The molecule has 1 amide bonds. The number of carbonyl (C=O) groups excluding carboxylic acids is 1. The third kappa shape index (κ3) is 6.45. The molecule has 2 rings (SSSR count). The van der Waals surface area contributed by atoms with E-state index in [1.54, 1.807) is 0 Å². The number of hydrogen-bond acceptors (Lipinski definition) is 2. The van der Waals surface area contributed by atoms with Gasteiger partial charge in [-0.1, -0.05) is 48.0 Å². The molecule has 0 bridgehead atoms. The first kappa shape index (κ1) is 18.1. The second kappa shape index (κ2) is 9.76. The number of nitrogens with one attached hydrogen (secondary N) is 1. The molecule has 0 fully saturated rings. The SMILES string of the molecule is Cc1ccc(CCC(=O)NCCCCN(C)c2ccccc2)cc1. The van der Waals surface area contributed by atoms with Gasteiger partial charge >= 0.3 is 0 Å². The Morgan fingerprint density at radius 1 is 1.00 bits per heavy atom. The Labute approximate surface area is 145 Å². The molecule has 0 spiro atoms. The van der Waals surface area contributed by atoms with Gasteiger partial charge in [0.05, 0.1) is 0 Å². The summed E-state index contributed by atoms with van der Waals surface area (Å²) in [5.74, 6) is 0.145. The quantitative estimate of drug-likeness (QED) is 0.708. The van der Waals surface area contributed by atoms with E-state index >= 15 is 0 Å². The van der Waals surface area contributed by atoms with Crippen molar-refractivity contribution >= 4 is 11.6 Å². The first-order chi connectivity index (χ1) is 11.6. The minimum Gasteiger partial charge on any atom is -0.375 e. The number of carbonyl (C=O) groups is 1. The smallest absolute Gasteiger partial charge is 0.220 e. The first-order valence-corrected chi connectivity index (χ1v) is 8.73. The zero-order valence-electron chi connectivity index (χ0n) is 14.8. The molecule has 1 N–H and O–H groups in total. The van der Waals surface area contributed by atoms with E-state index in [0.717, 1.165) is 32.4 Å². The van der Waals surface area contributed by atoms with E-state index in [2.05, 4.69) is 72.7 Å². The number of aryl methyl sites for hydroxylation is 2. The number of hydrogen-bond donors (Lipinski definition) is 1. The second-order valence-electron chi connectivity index (χ2n) is 6.30. The third-order valence-electron chi connectivity index (χ3n) is 4.20. The van der Waals surface area contributed by atoms with E-state index in [9.17, 15) is 4.79 Å². The lowest BCUT2D eigenvalue weighted by Crippen LogP contribution is -2.26. The van der Waals surface area contributed by atoms with Gasteiger partial charge < -0.3 is 10.2 Å². The van der Waals surface area contributed by atoms with Crippen LogP contribution in [-0.4, -0.2) is 26.0 Å². The van der Waals surface area contributed by atoms with E-state index in [-0.39, 0.29) is 5.91 Å². The molecule has 0 atom stereocenters. The van der Waals surface area contributed by atoms with Gasteiger partial charge in [0.15, 0.2) is 0 Å². The molecule has 0 aliphatic heterocycles. The molecule has 0 unspecified atom stereocenters. The highest BCUT2D eigenvalue weighted by molar-refractivity contribution is 5.76. The van der Waals surface area contributed by atoms with E-state index < -0.39 is 0 Å². The van der Waals surface area contributed by atoms with Crippen LogP contribution in [0.5, 0.6) is 0 Å². The molecule has 0 heterocycles. The molecule has 2 aromatic carbocycles. The van der Waals surface area contributed by atoms with Gasteiger partial charge in [0.25, 0.3) is 0 Å². The van der Waals surface area contributed by atoms with Crippen LogP contribution in [0.4, 0.5) is 5.69 Å². The largest absolute Gasteiger partial charge is 0.375 e. The van der Waals surface area contributed by atoms with E-state index in [0.29, 0.717) is 6.42 Å². The van der Waals surface area contributed by atoms with Crippen molar-refractivity contribution in [3.63, 3.8) is 0 Å². The van der Waals surface area contributed by atoms with Gasteiger partial charge in [-0.2, -0.15) is 0 Å². The summed E-state index contributed by atoms with van der Waals surface area (Å²) < 4.78 is 0. The number of nitrogens with zero attached hydrogens (tertiary/aromatic N) is 1. The van der Waals surface area contributed by atoms with Crippen LogP contribution in [0, 0.1) is 6.92 Å². The van der Waals surface area contributed by atoms with Gasteiger partial charge in [0, 0.05) is 32.2 Å².